The Hall–Kier alpha value is -2.52. The molecular formula is C20H21NO2. The number of nitrogens with two attached hydrogens (primary N) is 1. The quantitative estimate of drug-likeness (QED) is 0.737. The maximum absolute atomic E-state index is 6.24. The van der Waals surface area contributed by atoms with Gasteiger partial charge in [-0.1, -0.05) is 48.5 Å². The van der Waals surface area contributed by atoms with Crippen LogP contribution >= 0.6 is 0 Å². The molecule has 0 aliphatic heterocycles. The van der Waals surface area contributed by atoms with Crippen molar-refractivity contribution in [2.75, 3.05) is 13.7 Å². The molecule has 3 heteroatoms. The molecule has 0 spiro atoms. The summed E-state index contributed by atoms with van der Waals surface area (Å²) in [4.78, 5) is 0. The molecule has 2 N–H and O–H groups in total. The Morgan fingerprint density at radius 1 is 0.913 bits per heavy atom. The maximum Gasteiger partial charge on any atom is 0.127 e. The Bertz CT molecular complexity index is 763. The number of rotatable bonds is 6. The van der Waals surface area contributed by atoms with Crippen LogP contribution in [0.3, 0.4) is 0 Å². The van der Waals surface area contributed by atoms with E-state index in [2.05, 4.69) is 18.2 Å². The second-order valence-corrected chi connectivity index (χ2v) is 5.49. The van der Waals surface area contributed by atoms with Crippen molar-refractivity contribution >= 4 is 10.8 Å². The van der Waals surface area contributed by atoms with Crippen LogP contribution in [0.1, 0.15) is 18.0 Å². The summed E-state index contributed by atoms with van der Waals surface area (Å²) < 4.78 is 11.1. The standard InChI is InChI=1S/C20H21NO2/c1-22-17-11-9-16(10-12-17)19(21)13-14-23-20-8-4-6-15-5-2-3-7-18(15)20/h2-12,19H,13-14,21H2,1H3. The number of fused-ring (bicyclic) bond motifs is 1. The molecule has 0 saturated carbocycles. The lowest BCUT2D eigenvalue weighted by Crippen LogP contribution is -2.14. The summed E-state index contributed by atoms with van der Waals surface area (Å²) in [7, 11) is 1.66. The average molecular weight is 307 g/mol. The normalized spacial score (nSPS) is 12.1. The molecule has 0 aliphatic carbocycles. The van der Waals surface area contributed by atoms with Crippen LogP contribution in [0, 0.1) is 0 Å². The van der Waals surface area contributed by atoms with Crippen molar-refractivity contribution in [3.63, 3.8) is 0 Å². The molecule has 0 aliphatic rings. The number of ether oxygens (including phenoxy) is 2. The topological polar surface area (TPSA) is 44.5 Å². The van der Waals surface area contributed by atoms with Crippen LogP contribution in [0.4, 0.5) is 0 Å². The largest absolute Gasteiger partial charge is 0.497 e. The molecule has 1 unspecified atom stereocenters. The fourth-order valence-electron chi connectivity index (χ4n) is 2.64. The second kappa shape index (κ2) is 7.16. The van der Waals surface area contributed by atoms with Gasteiger partial charge in [-0.05, 0) is 29.1 Å². The zero-order valence-electron chi connectivity index (χ0n) is 13.2. The van der Waals surface area contributed by atoms with Gasteiger partial charge < -0.3 is 15.2 Å². The fraction of sp³-hybridized carbons (Fsp3) is 0.200. The molecule has 0 fully saturated rings. The Morgan fingerprint density at radius 2 is 1.65 bits per heavy atom. The van der Waals surface area contributed by atoms with E-state index in [0.717, 1.165) is 28.9 Å². The third kappa shape index (κ3) is 3.63. The number of methoxy groups -OCH3 is 1. The van der Waals surface area contributed by atoms with Crippen molar-refractivity contribution in [3.05, 3.63) is 72.3 Å². The summed E-state index contributed by atoms with van der Waals surface area (Å²) >= 11 is 0. The van der Waals surface area contributed by atoms with Gasteiger partial charge in [-0.3, -0.25) is 0 Å². The lowest BCUT2D eigenvalue weighted by atomic mass is 10.1. The van der Waals surface area contributed by atoms with Crippen molar-refractivity contribution in [1.82, 2.24) is 0 Å². The van der Waals surface area contributed by atoms with E-state index in [1.807, 2.05) is 48.5 Å². The first-order valence-corrected chi connectivity index (χ1v) is 7.78. The fourth-order valence-corrected chi connectivity index (χ4v) is 2.64. The van der Waals surface area contributed by atoms with Crippen LogP contribution in [-0.2, 0) is 0 Å². The Morgan fingerprint density at radius 3 is 2.43 bits per heavy atom. The Labute approximate surface area is 136 Å². The van der Waals surface area contributed by atoms with Gasteiger partial charge in [-0.15, -0.1) is 0 Å². The van der Waals surface area contributed by atoms with Gasteiger partial charge in [0.2, 0.25) is 0 Å². The van der Waals surface area contributed by atoms with Crippen LogP contribution < -0.4 is 15.2 Å². The lowest BCUT2D eigenvalue weighted by Gasteiger charge is -2.14. The van der Waals surface area contributed by atoms with E-state index in [-0.39, 0.29) is 6.04 Å². The summed E-state index contributed by atoms with van der Waals surface area (Å²) in [5, 5.41) is 2.32. The highest BCUT2D eigenvalue weighted by Crippen LogP contribution is 2.26. The Kier molecular flexibility index (Phi) is 4.79. The van der Waals surface area contributed by atoms with Crippen molar-refractivity contribution in [3.8, 4) is 11.5 Å². The van der Waals surface area contributed by atoms with Gasteiger partial charge in [-0.2, -0.15) is 0 Å². The van der Waals surface area contributed by atoms with Crippen molar-refractivity contribution < 1.29 is 9.47 Å². The van der Waals surface area contributed by atoms with E-state index in [1.54, 1.807) is 7.11 Å². The lowest BCUT2D eigenvalue weighted by molar-refractivity contribution is 0.302. The van der Waals surface area contributed by atoms with Gasteiger partial charge in [0.1, 0.15) is 11.5 Å². The Balaban J connectivity index is 1.61. The molecule has 1 atom stereocenters. The third-order valence-corrected chi connectivity index (χ3v) is 3.98. The first-order valence-electron chi connectivity index (χ1n) is 7.78. The predicted molar refractivity (Wildman–Crippen MR) is 94.0 cm³/mol. The van der Waals surface area contributed by atoms with E-state index in [4.69, 9.17) is 15.2 Å². The smallest absolute Gasteiger partial charge is 0.127 e. The molecule has 3 aromatic carbocycles. The monoisotopic (exact) mass is 307 g/mol. The van der Waals surface area contributed by atoms with Crippen LogP contribution in [-0.4, -0.2) is 13.7 Å². The van der Waals surface area contributed by atoms with Crippen molar-refractivity contribution in [1.29, 1.82) is 0 Å². The molecule has 118 valence electrons. The zero-order chi connectivity index (χ0) is 16.1. The number of hydrogen-bond donors (Lipinski definition) is 1. The summed E-state index contributed by atoms with van der Waals surface area (Å²) in [5.74, 6) is 1.75. The first kappa shape index (κ1) is 15.4. The van der Waals surface area contributed by atoms with Crippen LogP contribution in [0.5, 0.6) is 11.5 Å². The van der Waals surface area contributed by atoms with Crippen molar-refractivity contribution in [2.24, 2.45) is 5.73 Å². The van der Waals surface area contributed by atoms with E-state index in [1.165, 1.54) is 5.39 Å². The summed E-state index contributed by atoms with van der Waals surface area (Å²) in [6, 6.07) is 22.2. The third-order valence-electron chi connectivity index (χ3n) is 3.98. The van der Waals surface area contributed by atoms with E-state index >= 15 is 0 Å². The first-order chi connectivity index (χ1) is 11.3. The second-order valence-electron chi connectivity index (χ2n) is 5.49. The van der Waals surface area contributed by atoms with Gasteiger partial charge in [-0.25, -0.2) is 0 Å². The van der Waals surface area contributed by atoms with E-state index in [9.17, 15) is 0 Å². The minimum absolute atomic E-state index is 0.0455. The van der Waals surface area contributed by atoms with Gasteiger partial charge in [0, 0.05) is 17.8 Å². The highest BCUT2D eigenvalue weighted by atomic mass is 16.5. The molecule has 0 heterocycles. The summed E-state index contributed by atoms with van der Waals surface area (Å²) in [5.41, 5.74) is 7.33. The van der Waals surface area contributed by atoms with Gasteiger partial charge in [0.25, 0.3) is 0 Å². The molecule has 0 saturated heterocycles. The SMILES string of the molecule is COc1ccc(C(N)CCOc2cccc3ccccc23)cc1. The molecule has 3 rings (SSSR count). The van der Waals surface area contributed by atoms with E-state index < -0.39 is 0 Å². The van der Waals surface area contributed by atoms with Gasteiger partial charge in [0.05, 0.1) is 13.7 Å². The molecule has 0 radical (unpaired) electrons. The van der Waals surface area contributed by atoms with Crippen LogP contribution in [0.2, 0.25) is 0 Å². The van der Waals surface area contributed by atoms with Crippen LogP contribution in [0.15, 0.2) is 66.7 Å². The summed E-state index contributed by atoms with van der Waals surface area (Å²) in [6.45, 7) is 0.585. The molecule has 3 nitrogen and oxygen atoms in total. The average Bonchev–Trinajstić information content (AvgIpc) is 2.62. The van der Waals surface area contributed by atoms with Crippen LogP contribution in [0.25, 0.3) is 10.8 Å². The van der Waals surface area contributed by atoms with Gasteiger partial charge >= 0.3 is 0 Å². The highest BCUT2D eigenvalue weighted by Gasteiger charge is 2.07. The highest BCUT2D eigenvalue weighted by molar-refractivity contribution is 5.88. The summed E-state index contributed by atoms with van der Waals surface area (Å²) in [6.07, 6.45) is 0.759. The molecule has 3 aromatic rings. The molecular weight excluding hydrogens is 286 g/mol. The minimum Gasteiger partial charge on any atom is -0.497 e. The van der Waals surface area contributed by atoms with Gasteiger partial charge in [0.15, 0.2) is 0 Å². The maximum atomic E-state index is 6.24. The van der Waals surface area contributed by atoms with Crippen molar-refractivity contribution in [2.45, 2.75) is 12.5 Å². The molecule has 0 amide bonds. The molecule has 23 heavy (non-hydrogen) atoms. The number of benzene rings is 3. The minimum atomic E-state index is -0.0455. The van der Waals surface area contributed by atoms with E-state index in [0.29, 0.717) is 6.61 Å². The zero-order valence-corrected chi connectivity index (χ0v) is 13.2. The molecule has 0 aromatic heterocycles. The predicted octanol–water partition coefficient (Wildman–Crippen LogP) is 4.32. The molecule has 0 bridgehead atoms. The number of hydrogen-bond acceptors (Lipinski definition) is 3.